The van der Waals surface area contributed by atoms with E-state index in [0.29, 0.717) is 0 Å². The zero-order valence-electron chi connectivity index (χ0n) is 13.0. The summed E-state index contributed by atoms with van der Waals surface area (Å²) in [7, 11) is 0. The lowest BCUT2D eigenvalue weighted by molar-refractivity contribution is -0.119. The molecular formula is C15H30O3. The molecule has 18 heavy (non-hydrogen) atoms. The quantitative estimate of drug-likeness (QED) is 0.665. The lowest BCUT2D eigenvalue weighted by atomic mass is 10.0. The van der Waals surface area contributed by atoms with Gasteiger partial charge in [-0.05, 0) is 60.8 Å². The summed E-state index contributed by atoms with van der Waals surface area (Å²) in [5.41, 5.74) is -0.359. The van der Waals surface area contributed by atoms with Crippen LogP contribution in [0, 0.1) is 0 Å². The summed E-state index contributed by atoms with van der Waals surface area (Å²) in [6.45, 7) is 15.0. The predicted molar refractivity (Wildman–Crippen MR) is 73.9 cm³/mol. The Labute approximate surface area is 112 Å². The van der Waals surface area contributed by atoms with E-state index >= 15 is 0 Å². The number of ether oxygens (including phenoxy) is 3. The van der Waals surface area contributed by atoms with Gasteiger partial charge in [-0.2, -0.15) is 0 Å². The molecule has 0 saturated carbocycles. The monoisotopic (exact) mass is 258 g/mol. The van der Waals surface area contributed by atoms with Crippen LogP contribution in [0.5, 0.6) is 0 Å². The third kappa shape index (κ3) is 6.17. The van der Waals surface area contributed by atoms with Crippen molar-refractivity contribution in [1.82, 2.24) is 0 Å². The van der Waals surface area contributed by atoms with E-state index < -0.39 is 0 Å². The lowest BCUT2D eigenvalue weighted by Gasteiger charge is -2.34. The first-order chi connectivity index (χ1) is 8.12. The van der Waals surface area contributed by atoms with Crippen molar-refractivity contribution in [3.8, 4) is 0 Å². The molecule has 108 valence electrons. The van der Waals surface area contributed by atoms with Crippen molar-refractivity contribution < 1.29 is 14.2 Å². The Kier molecular flexibility index (Phi) is 5.22. The van der Waals surface area contributed by atoms with E-state index in [4.69, 9.17) is 14.2 Å². The van der Waals surface area contributed by atoms with Gasteiger partial charge in [-0.25, -0.2) is 0 Å². The van der Waals surface area contributed by atoms with E-state index in [1.807, 2.05) is 0 Å². The lowest BCUT2D eigenvalue weighted by Crippen LogP contribution is -2.36. The summed E-state index contributed by atoms with van der Waals surface area (Å²) < 4.78 is 17.8. The highest BCUT2D eigenvalue weighted by molar-refractivity contribution is 4.76. The van der Waals surface area contributed by atoms with Crippen molar-refractivity contribution >= 4 is 0 Å². The molecule has 1 aliphatic heterocycles. The van der Waals surface area contributed by atoms with Crippen LogP contribution >= 0.6 is 0 Å². The molecule has 1 saturated heterocycles. The Hall–Kier alpha value is -0.120. The number of hydrogen-bond donors (Lipinski definition) is 0. The van der Waals surface area contributed by atoms with Crippen LogP contribution in [0.2, 0.25) is 0 Å². The Morgan fingerprint density at radius 3 is 0.944 bits per heavy atom. The second kappa shape index (κ2) is 5.89. The molecule has 0 aliphatic carbocycles. The number of rotatable bonds is 0. The van der Waals surface area contributed by atoms with Crippen LogP contribution in [0.25, 0.3) is 0 Å². The zero-order chi connectivity index (χ0) is 13.9. The second-order valence-electron chi connectivity index (χ2n) is 7.07. The van der Waals surface area contributed by atoms with Crippen molar-refractivity contribution in [2.45, 2.75) is 77.6 Å². The minimum absolute atomic E-state index is 0.120. The summed E-state index contributed by atoms with van der Waals surface area (Å²) in [5.74, 6) is 0. The van der Waals surface area contributed by atoms with Crippen molar-refractivity contribution in [3.05, 3.63) is 0 Å². The molecule has 0 bridgehead atoms. The molecule has 0 aromatic heterocycles. The molecule has 0 aromatic carbocycles. The molecule has 1 fully saturated rings. The molecule has 1 aliphatic rings. The summed E-state index contributed by atoms with van der Waals surface area (Å²) >= 11 is 0. The van der Waals surface area contributed by atoms with Gasteiger partial charge in [0.15, 0.2) is 0 Å². The van der Waals surface area contributed by atoms with Crippen LogP contribution in [0.15, 0.2) is 0 Å². The average Bonchev–Trinajstić information content (AvgIpc) is 2.13. The first-order valence-corrected chi connectivity index (χ1v) is 7.04. The number of hydrogen-bond acceptors (Lipinski definition) is 3. The highest BCUT2D eigenvalue weighted by atomic mass is 16.5. The largest absolute Gasteiger partial charge is 0.375 e. The van der Waals surface area contributed by atoms with E-state index in [-0.39, 0.29) is 16.8 Å². The van der Waals surface area contributed by atoms with Crippen LogP contribution in [0.3, 0.4) is 0 Å². The van der Waals surface area contributed by atoms with E-state index in [0.717, 1.165) is 39.1 Å². The minimum Gasteiger partial charge on any atom is -0.375 e. The van der Waals surface area contributed by atoms with Crippen molar-refractivity contribution in [2.75, 3.05) is 19.8 Å². The maximum Gasteiger partial charge on any atom is 0.0648 e. The van der Waals surface area contributed by atoms with Crippen LogP contribution in [-0.4, -0.2) is 36.6 Å². The van der Waals surface area contributed by atoms with Crippen LogP contribution < -0.4 is 0 Å². The topological polar surface area (TPSA) is 27.7 Å². The molecule has 3 heteroatoms. The van der Waals surface area contributed by atoms with Gasteiger partial charge in [0.25, 0.3) is 0 Å². The van der Waals surface area contributed by atoms with Crippen molar-refractivity contribution in [2.24, 2.45) is 0 Å². The van der Waals surface area contributed by atoms with E-state index in [2.05, 4.69) is 41.5 Å². The maximum absolute atomic E-state index is 5.95. The third-order valence-electron chi connectivity index (χ3n) is 3.59. The summed E-state index contributed by atoms with van der Waals surface area (Å²) in [4.78, 5) is 0. The standard InChI is InChI=1S/C15H30O3/c1-13(2)7-10-17-15(5,6)9-12-18-14(3,4)8-11-16-13/h7-12H2,1-6H3. The van der Waals surface area contributed by atoms with E-state index in [1.54, 1.807) is 0 Å². The molecule has 0 aromatic rings. The van der Waals surface area contributed by atoms with Gasteiger partial charge in [0.2, 0.25) is 0 Å². The predicted octanol–water partition coefficient (Wildman–Crippen LogP) is 3.56. The van der Waals surface area contributed by atoms with Gasteiger partial charge in [-0.15, -0.1) is 0 Å². The molecule has 1 rings (SSSR count). The van der Waals surface area contributed by atoms with Crippen molar-refractivity contribution in [1.29, 1.82) is 0 Å². The minimum atomic E-state index is -0.120. The van der Waals surface area contributed by atoms with Crippen LogP contribution in [0.4, 0.5) is 0 Å². The molecule has 0 unspecified atom stereocenters. The molecule has 0 radical (unpaired) electrons. The Morgan fingerprint density at radius 2 is 0.722 bits per heavy atom. The Balaban J connectivity index is 2.63. The SMILES string of the molecule is CC1(C)CCOC(C)(C)CCOC(C)(C)CCO1. The summed E-state index contributed by atoms with van der Waals surface area (Å²) in [6, 6.07) is 0. The van der Waals surface area contributed by atoms with E-state index in [9.17, 15) is 0 Å². The fourth-order valence-corrected chi connectivity index (χ4v) is 1.94. The smallest absolute Gasteiger partial charge is 0.0648 e. The summed E-state index contributed by atoms with van der Waals surface area (Å²) in [5, 5.41) is 0. The third-order valence-corrected chi connectivity index (χ3v) is 3.59. The van der Waals surface area contributed by atoms with Gasteiger partial charge in [-0.1, -0.05) is 0 Å². The van der Waals surface area contributed by atoms with Gasteiger partial charge < -0.3 is 14.2 Å². The molecule has 0 amide bonds. The van der Waals surface area contributed by atoms with Crippen LogP contribution in [-0.2, 0) is 14.2 Å². The van der Waals surface area contributed by atoms with Gasteiger partial charge >= 0.3 is 0 Å². The molecule has 0 spiro atoms. The fourth-order valence-electron chi connectivity index (χ4n) is 1.94. The highest BCUT2D eigenvalue weighted by Crippen LogP contribution is 2.24. The van der Waals surface area contributed by atoms with Crippen LogP contribution in [0.1, 0.15) is 60.8 Å². The first kappa shape index (κ1) is 15.9. The molecule has 0 atom stereocenters. The molecular weight excluding hydrogens is 228 g/mol. The molecule has 1 heterocycles. The maximum atomic E-state index is 5.95. The van der Waals surface area contributed by atoms with Gasteiger partial charge in [0.1, 0.15) is 0 Å². The van der Waals surface area contributed by atoms with Gasteiger partial charge in [0, 0.05) is 0 Å². The van der Waals surface area contributed by atoms with Gasteiger partial charge in [0.05, 0.1) is 36.6 Å². The molecule has 3 nitrogen and oxygen atoms in total. The average molecular weight is 258 g/mol. The highest BCUT2D eigenvalue weighted by Gasteiger charge is 2.27. The Morgan fingerprint density at radius 1 is 0.500 bits per heavy atom. The second-order valence-corrected chi connectivity index (χ2v) is 7.07. The first-order valence-electron chi connectivity index (χ1n) is 7.04. The molecule has 0 N–H and O–H groups in total. The summed E-state index contributed by atoms with van der Waals surface area (Å²) in [6.07, 6.45) is 2.78. The fraction of sp³-hybridized carbons (Fsp3) is 1.00. The van der Waals surface area contributed by atoms with Crippen molar-refractivity contribution in [3.63, 3.8) is 0 Å². The zero-order valence-corrected chi connectivity index (χ0v) is 13.0. The van der Waals surface area contributed by atoms with E-state index in [1.165, 1.54) is 0 Å². The Bertz CT molecular complexity index is 196. The normalized spacial score (nSPS) is 29.0. The van der Waals surface area contributed by atoms with Gasteiger partial charge in [-0.3, -0.25) is 0 Å².